The average molecular weight is 624 g/mol. The number of hydrogen-bond donors (Lipinski definition) is 2. The van der Waals surface area contributed by atoms with Crippen LogP contribution in [-0.4, -0.2) is 30.8 Å². The van der Waals surface area contributed by atoms with Crippen LogP contribution in [0.15, 0.2) is 84.3 Å². The molecule has 2 aromatic carbocycles. The number of benzene rings is 2. The highest BCUT2D eigenvalue weighted by Crippen LogP contribution is 2.31. The largest absolute Gasteiger partial charge is 0.384 e. The first-order chi connectivity index (χ1) is 21.3. The first-order valence-electron chi connectivity index (χ1n) is 13.2. The van der Waals surface area contributed by atoms with Crippen molar-refractivity contribution in [1.29, 1.82) is 0 Å². The number of nitrogens with two attached hydrogens (primary N) is 1. The van der Waals surface area contributed by atoms with Gasteiger partial charge in [-0.2, -0.15) is 0 Å². The molecule has 1 amide bonds. The van der Waals surface area contributed by atoms with Gasteiger partial charge in [-0.15, -0.1) is 22.7 Å². The second-order valence-electron chi connectivity index (χ2n) is 9.81. The minimum atomic E-state index is -1.03. The van der Waals surface area contributed by atoms with E-state index in [1.54, 1.807) is 52.7 Å². The normalized spacial score (nSPS) is 10.9. The number of amides is 1. The van der Waals surface area contributed by atoms with Gasteiger partial charge in [0, 0.05) is 23.5 Å². The number of halogens is 2. The number of hydrogen-bond acceptors (Lipinski definition) is 9. The lowest BCUT2D eigenvalue weighted by molar-refractivity contribution is 0.101. The maximum Gasteiger partial charge on any atom is 0.262 e. The van der Waals surface area contributed by atoms with Gasteiger partial charge in [-0.25, -0.2) is 28.7 Å². The molecule has 5 aromatic heterocycles. The molecule has 0 saturated carbocycles. The number of nitrogens with zero attached hydrogens (tertiary/aromatic N) is 5. The Kier molecular flexibility index (Phi) is 8.01. The predicted molar refractivity (Wildman–Crippen MR) is 172 cm³/mol. The molecule has 3 N–H and O–H groups in total. The van der Waals surface area contributed by atoms with Crippen molar-refractivity contribution in [2.24, 2.45) is 0 Å². The molecule has 218 valence electrons. The van der Waals surface area contributed by atoms with Crippen molar-refractivity contribution in [1.82, 2.24) is 24.9 Å². The number of carbonyl (C=O) groups excluding carboxylic acids is 1. The number of anilines is 2. The standard InChI is InChI=1S/C19H12F2N4OS.C13H11N3S/c1-10-4-16-15(24-9-27-16)5-12(10)11-2-3-17(23-6-11)25-19(26)18-13(20)7-22-8-14(18)21;1-8-4-12-11(16-7-17-12)5-10(8)9-2-3-13(14)15-6-9/h2-9H,1H3,(H,23,25,26);2-7H,1H3,(H2,14,15). The average Bonchev–Trinajstić information content (AvgIpc) is 3.66. The lowest BCUT2D eigenvalue weighted by atomic mass is 10.0. The van der Waals surface area contributed by atoms with E-state index in [-0.39, 0.29) is 5.82 Å². The SMILES string of the molecule is Cc1cc2scnc2cc1-c1ccc(N)nc1.Cc1cc2scnc2cc1-c1ccc(NC(=O)c2c(F)cncc2F)nc1. The fraction of sp³-hybridized carbons (Fsp3) is 0.0625. The van der Waals surface area contributed by atoms with Crippen LogP contribution >= 0.6 is 22.7 Å². The van der Waals surface area contributed by atoms with Crippen LogP contribution in [0.4, 0.5) is 20.4 Å². The van der Waals surface area contributed by atoms with E-state index in [9.17, 15) is 13.6 Å². The van der Waals surface area contributed by atoms with Crippen LogP contribution in [0, 0.1) is 25.5 Å². The summed E-state index contributed by atoms with van der Waals surface area (Å²) in [6, 6.07) is 15.5. The Labute approximate surface area is 258 Å². The minimum Gasteiger partial charge on any atom is -0.384 e. The molecule has 0 fully saturated rings. The zero-order valence-corrected chi connectivity index (χ0v) is 25.0. The van der Waals surface area contributed by atoms with Crippen molar-refractivity contribution in [3.8, 4) is 22.3 Å². The fourth-order valence-electron chi connectivity index (χ4n) is 4.63. The Morgan fingerprint density at radius 3 is 1.77 bits per heavy atom. The zero-order valence-electron chi connectivity index (χ0n) is 23.4. The third kappa shape index (κ3) is 5.98. The van der Waals surface area contributed by atoms with Crippen LogP contribution in [-0.2, 0) is 0 Å². The van der Waals surface area contributed by atoms with Crippen LogP contribution in [0.3, 0.4) is 0 Å². The summed E-state index contributed by atoms with van der Waals surface area (Å²) in [5, 5.41) is 2.39. The Bertz CT molecular complexity index is 2110. The maximum absolute atomic E-state index is 13.6. The van der Waals surface area contributed by atoms with E-state index in [4.69, 9.17) is 5.73 Å². The van der Waals surface area contributed by atoms with Crippen molar-refractivity contribution < 1.29 is 13.6 Å². The summed E-state index contributed by atoms with van der Waals surface area (Å²) in [5.74, 6) is -2.26. The van der Waals surface area contributed by atoms with Crippen molar-refractivity contribution in [2.45, 2.75) is 13.8 Å². The molecule has 7 aromatic rings. The summed E-state index contributed by atoms with van der Waals surface area (Å²) in [5.41, 5.74) is 16.9. The van der Waals surface area contributed by atoms with Gasteiger partial charge >= 0.3 is 0 Å². The predicted octanol–water partition coefficient (Wildman–Crippen LogP) is 7.84. The molecular weight excluding hydrogens is 601 g/mol. The lowest BCUT2D eigenvalue weighted by Gasteiger charge is -2.09. The highest BCUT2D eigenvalue weighted by molar-refractivity contribution is 7.17. The van der Waals surface area contributed by atoms with E-state index in [2.05, 4.69) is 55.4 Å². The summed E-state index contributed by atoms with van der Waals surface area (Å²) in [6.07, 6.45) is 4.96. The monoisotopic (exact) mass is 623 g/mol. The van der Waals surface area contributed by atoms with Crippen LogP contribution < -0.4 is 11.1 Å². The molecule has 0 aliphatic rings. The first kappa shape index (κ1) is 28.9. The summed E-state index contributed by atoms with van der Waals surface area (Å²) >= 11 is 3.24. The molecule has 0 unspecified atom stereocenters. The summed E-state index contributed by atoms with van der Waals surface area (Å²) in [4.78, 5) is 32.4. The van der Waals surface area contributed by atoms with Gasteiger partial charge in [-0.3, -0.25) is 9.78 Å². The number of fused-ring (bicyclic) bond motifs is 2. The second-order valence-corrected chi connectivity index (χ2v) is 11.6. The molecule has 44 heavy (non-hydrogen) atoms. The number of nitrogens with one attached hydrogen (secondary N) is 1. The Hall–Kier alpha value is -5.20. The van der Waals surface area contributed by atoms with Crippen molar-refractivity contribution in [2.75, 3.05) is 11.1 Å². The molecule has 0 saturated heterocycles. The number of nitrogen functional groups attached to an aromatic ring is 1. The van der Waals surface area contributed by atoms with Gasteiger partial charge in [-0.1, -0.05) is 0 Å². The van der Waals surface area contributed by atoms with E-state index in [1.807, 2.05) is 30.6 Å². The van der Waals surface area contributed by atoms with Crippen LogP contribution in [0.1, 0.15) is 21.5 Å². The molecule has 0 atom stereocenters. The Balaban J connectivity index is 0.000000173. The smallest absolute Gasteiger partial charge is 0.262 e. The van der Waals surface area contributed by atoms with Gasteiger partial charge in [0.25, 0.3) is 5.91 Å². The number of pyridine rings is 3. The molecule has 0 aliphatic heterocycles. The second kappa shape index (κ2) is 12.2. The number of aromatic nitrogens is 5. The van der Waals surface area contributed by atoms with Crippen LogP contribution in [0.25, 0.3) is 42.7 Å². The number of carbonyl (C=O) groups is 1. The number of aryl methyl sites for hydroxylation is 2. The summed E-state index contributed by atoms with van der Waals surface area (Å²) in [7, 11) is 0. The van der Waals surface area contributed by atoms with Gasteiger partial charge in [-0.05, 0) is 84.6 Å². The lowest BCUT2D eigenvalue weighted by Crippen LogP contribution is -2.16. The van der Waals surface area contributed by atoms with Crippen molar-refractivity contribution in [3.63, 3.8) is 0 Å². The topological polar surface area (TPSA) is 120 Å². The summed E-state index contributed by atoms with van der Waals surface area (Å²) < 4.78 is 29.6. The van der Waals surface area contributed by atoms with Gasteiger partial charge < -0.3 is 11.1 Å². The molecule has 0 bridgehead atoms. The quantitative estimate of drug-likeness (QED) is 0.205. The van der Waals surface area contributed by atoms with Crippen LogP contribution in [0.5, 0.6) is 0 Å². The third-order valence-electron chi connectivity index (χ3n) is 6.85. The van der Waals surface area contributed by atoms with Gasteiger partial charge in [0.05, 0.1) is 43.8 Å². The van der Waals surface area contributed by atoms with E-state index < -0.39 is 23.1 Å². The Morgan fingerprint density at radius 1 is 0.727 bits per heavy atom. The van der Waals surface area contributed by atoms with Gasteiger partial charge in [0.15, 0.2) is 11.6 Å². The van der Waals surface area contributed by atoms with Gasteiger partial charge in [0.1, 0.15) is 17.2 Å². The van der Waals surface area contributed by atoms with E-state index in [0.717, 1.165) is 55.9 Å². The molecule has 0 aliphatic carbocycles. The molecule has 0 spiro atoms. The molecular formula is C32H23F2N7OS2. The summed E-state index contributed by atoms with van der Waals surface area (Å²) in [6.45, 7) is 4.10. The van der Waals surface area contributed by atoms with Crippen molar-refractivity contribution in [3.05, 3.63) is 113 Å². The highest BCUT2D eigenvalue weighted by Gasteiger charge is 2.18. The van der Waals surface area contributed by atoms with Gasteiger partial charge in [0.2, 0.25) is 0 Å². The molecule has 5 heterocycles. The third-order valence-corrected chi connectivity index (χ3v) is 8.43. The zero-order chi connectivity index (χ0) is 30.8. The van der Waals surface area contributed by atoms with Crippen molar-refractivity contribution >= 4 is 60.6 Å². The molecule has 7 rings (SSSR count). The molecule has 0 radical (unpaired) electrons. The highest BCUT2D eigenvalue weighted by atomic mass is 32.1. The van der Waals surface area contributed by atoms with Crippen LogP contribution in [0.2, 0.25) is 0 Å². The van der Waals surface area contributed by atoms with E-state index in [1.165, 1.54) is 10.3 Å². The number of rotatable bonds is 4. The van der Waals surface area contributed by atoms with E-state index >= 15 is 0 Å². The fourth-order valence-corrected chi connectivity index (χ4v) is 6.15. The minimum absolute atomic E-state index is 0.187. The molecule has 8 nitrogen and oxygen atoms in total. The molecule has 12 heteroatoms. The first-order valence-corrected chi connectivity index (χ1v) is 15.0. The van der Waals surface area contributed by atoms with E-state index in [0.29, 0.717) is 5.82 Å². The maximum atomic E-state index is 13.6. The number of thiazole rings is 2. The Morgan fingerprint density at radius 2 is 1.27 bits per heavy atom.